The fourth-order valence-electron chi connectivity index (χ4n) is 3.75. The van der Waals surface area contributed by atoms with E-state index >= 15 is 0 Å². The molecule has 3 aromatic rings. The minimum atomic E-state index is -4.55. The van der Waals surface area contributed by atoms with E-state index in [9.17, 15) is 22.8 Å². The second-order valence-corrected chi connectivity index (χ2v) is 7.90. The molecule has 0 atom stereocenters. The second kappa shape index (κ2) is 9.23. The second-order valence-electron chi connectivity index (χ2n) is 7.49. The highest BCUT2D eigenvalue weighted by Gasteiger charge is 2.29. The Kier molecular flexibility index (Phi) is 6.37. The van der Waals surface area contributed by atoms with E-state index in [0.717, 1.165) is 11.1 Å². The molecule has 1 N–H and O–H groups in total. The summed E-state index contributed by atoms with van der Waals surface area (Å²) in [5.74, 6) is -1.82. The molecule has 1 heterocycles. The van der Waals surface area contributed by atoms with E-state index < -0.39 is 31.2 Å². The first-order valence-corrected chi connectivity index (χ1v) is 10.5. The zero-order valence-electron chi connectivity index (χ0n) is 17.2. The predicted octanol–water partition coefficient (Wildman–Crippen LogP) is 5.21. The standard InChI is InChI=1S/C24H18ClF3N2O3/c25-18-7-3-1-5-14(18)11-15-9-10-17-21(16-6-2-4-8-19(16)30-22(15)17)23(32)33-12-20(31)29-13-24(26,27)28/h1-8,11H,9-10,12-13H2,(H,29,31)/b15-11-. The summed E-state index contributed by atoms with van der Waals surface area (Å²) in [6.45, 7) is -2.31. The van der Waals surface area contributed by atoms with Gasteiger partial charge in [0, 0.05) is 10.4 Å². The van der Waals surface area contributed by atoms with Gasteiger partial charge < -0.3 is 10.1 Å². The Hall–Kier alpha value is -3.39. The van der Waals surface area contributed by atoms with Crippen molar-refractivity contribution in [2.24, 2.45) is 0 Å². The maximum absolute atomic E-state index is 13.0. The zero-order chi connectivity index (χ0) is 23.6. The van der Waals surface area contributed by atoms with Gasteiger partial charge in [-0.15, -0.1) is 0 Å². The lowest BCUT2D eigenvalue weighted by Crippen LogP contribution is -2.36. The predicted molar refractivity (Wildman–Crippen MR) is 119 cm³/mol. The van der Waals surface area contributed by atoms with Crippen LogP contribution in [0.3, 0.4) is 0 Å². The van der Waals surface area contributed by atoms with Gasteiger partial charge in [-0.25, -0.2) is 9.78 Å². The van der Waals surface area contributed by atoms with E-state index in [1.54, 1.807) is 35.6 Å². The Morgan fingerprint density at radius 1 is 1.09 bits per heavy atom. The van der Waals surface area contributed by atoms with E-state index in [4.69, 9.17) is 21.3 Å². The average molecular weight is 475 g/mol. The number of rotatable bonds is 5. The molecule has 1 aliphatic rings. The lowest BCUT2D eigenvalue weighted by atomic mass is 10.0. The molecular weight excluding hydrogens is 457 g/mol. The number of alkyl halides is 3. The summed E-state index contributed by atoms with van der Waals surface area (Å²) >= 11 is 6.28. The van der Waals surface area contributed by atoms with Gasteiger partial charge in [0.25, 0.3) is 5.91 Å². The van der Waals surface area contributed by atoms with Crippen molar-refractivity contribution in [1.29, 1.82) is 0 Å². The van der Waals surface area contributed by atoms with Crippen molar-refractivity contribution in [3.8, 4) is 0 Å². The number of fused-ring (bicyclic) bond motifs is 2. The molecule has 2 aromatic carbocycles. The van der Waals surface area contributed by atoms with E-state index in [-0.39, 0.29) is 5.56 Å². The molecule has 0 aliphatic heterocycles. The third-order valence-corrected chi connectivity index (χ3v) is 5.55. The normalized spacial score (nSPS) is 14.4. The SMILES string of the molecule is O=C(COC(=O)c1c2c(nc3ccccc13)/C(=C\c1ccccc1Cl)CC2)NCC(F)(F)F. The van der Waals surface area contributed by atoms with Crippen LogP contribution in [0.2, 0.25) is 5.02 Å². The number of ether oxygens (including phenoxy) is 1. The molecule has 0 unspecified atom stereocenters. The van der Waals surface area contributed by atoms with Gasteiger partial charge in [0.15, 0.2) is 6.61 Å². The minimum absolute atomic E-state index is 0.266. The van der Waals surface area contributed by atoms with Crippen molar-refractivity contribution in [3.63, 3.8) is 0 Å². The van der Waals surface area contributed by atoms with E-state index in [2.05, 4.69) is 0 Å². The van der Waals surface area contributed by atoms with E-state index in [1.165, 1.54) is 0 Å². The van der Waals surface area contributed by atoms with Crippen LogP contribution in [0.25, 0.3) is 22.6 Å². The summed E-state index contributed by atoms with van der Waals surface area (Å²) < 4.78 is 41.9. The van der Waals surface area contributed by atoms with Crippen LogP contribution in [-0.2, 0) is 16.0 Å². The van der Waals surface area contributed by atoms with Crippen molar-refractivity contribution in [3.05, 3.63) is 75.9 Å². The van der Waals surface area contributed by atoms with Crippen LogP contribution in [0.5, 0.6) is 0 Å². The number of esters is 1. The molecule has 0 bridgehead atoms. The largest absolute Gasteiger partial charge is 0.452 e. The lowest BCUT2D eigenvalue weighted by Gasteiger charge is -2.13. The molecule has 9 heteroatoms. The third-order valence-electron chi connectivity index (χ3n) is 5.20. The number of aromatic nitrogens is 1. The Morgan fingerprint density at radius 2 is 1.82 bits per heavy atom. The Bertz CT molecular complexity index is 1270. The topological polar surface area (TPSA) is 68.3 Å². The number of pyridine rings is 1. The van der Waals surface area contributed by atoms with Crippen LogP contribution in [0.4, 0.5) is 13.2 Å². The first kappa shape index (κ1) is 22.8. The van der Waals surface area contributed by atoms with Gasteiger partial charge in [-0.2, -0.15) is 13.2 Å². The maximum atomic E-state index is 13.0. The number of nitrogens with one attached hydrogen (secondary N) is 1. The highest BCUT2D eigenvalue weighted by Crippen LogP contribution is 2.38. The third kappa shape index (κ3) is 5.17. The molecule has 1 aliphatic carbocycles. The molecule has 0 radical (unpaired) electrons. The molecule has 170 valence electrons. The number of nitrogens with zero attached hydrogens (tertiary/aromatic N) is 1. The number of carbonyl (C=O) groups is 2. The van der Waals surface area contributed by atoms with Crippen molar-refractivity contribution in [2.75, 3.05) is 13.2 Å². The summed E-state index contributed by atoms with van der Waals surface area (Å²) in [7, 11) is 0. The lowest BCUT2D eigenvalue weighted by molar-refractivity contribution is -0.140. The van der Waals surface area contributed by atoms with Crippen LogP contribution in [-0.4, -0.2) is 36.2 Å². The van der Waals surface area contributed by atoms with Crippen LogP contribution in [0.15, 0.2) is 48.5 Å². The number of hydrogen-bond donors (Lipinski definition) is 1. The Morgan fingerprint density at radius 3 is 2.58 bits per heavy atom. The van der Waals surface area contributed by atoms with Crippen LogP contribution < -0.4 is 5.32 Å². The highest BCUT2D eigenvalue weighted by atomic mass is 35.5. The number of carbonyl (C=O) groups excluding carboxylic acids is 2. The van der Waals surface area contributed by atoms with Crippen LogP contribution >= 0.6 is 11.6 Å². The maximum Gasteiger partial charge on any atom is 0.405 e. The molecule has 1 aromatic heterocycles. The van der Waals surface area contributed by atoms with Gasteiger partial charge >= 0.3 is 12.1 Å². The van der Waals surface area contributed by atoms with Gasteiger partial charge in [0.05, 0.1) is 16.8 Å². The fourth-order valence-corrected chi connectivity index (χ4v) is 3.94. The molecule has 1 amide bonds. The number of halogens is 4. The summed E-state index contributed by atoms with van der Waals surface area (Å²) in [5.41, 5.74) is 3.87. The molecule has 0 saturated heterocycles. The molecule has 5 nitrogen and oxygen atoms in total. The number of amides is 1. The first-order chi connectivity index (χ1) is 15.7. The highest BCUT2D eigenvalue weighted by molar-refractivity contribution is 6.32. The molecule has 0 saturated carbocycles. The average Bonchev–Trinajstić information content (AvgIpc) is 3.17. The minimum Gasteiger partial charge on any atom is -0.452 e. The number of benzene rings is 2. The number of para-hydroxylation sites is 1. The van der Waals surface area contributed by atoms with Gasteiger partial charge in [0.2, 0.25) is 0 Å². The van der Waals surface area contributed by atoms with E-state index in [1.807, 2.05) is 24.3 Å². The number of hydrogen-bond acceptors (Lipinski definition) is 4. The summed E-state index contributed by atoms with van der Waals surface area (Å²) in [5, 5.41) is 2.82. The van der Waals surface area contributed by atoms with Crippen LogP contribution in [0, 0.1) is 0 Å². The van der Waals surface area contributed by atoms with Crippen LogP contribution in [0.1, 0.15) is 33.6 Å². The van der Waals surface area contributed by atoms with E-state index in [0.29, 0.717) is 40.0 Å². The Labute approximate surface area is 192 Å². The number of allylic oxidation sites excluding steroid dienone is 1. The van der Waals surface area contributed by atoms with Crippen molar-refractivity contribution >= 4 is 46.0 Å². The van der Waals surface area contributed by atoms with Gasteiger partial charge in [-0.1, -0.05) is 48.0 Å². The summed E-state index contributed by atoms with van der Waals surface area (Å²) in [4.78, 5) is 29.4. The van der Waals surface area contributed by atoms with Gasteiger partial charge in [0.1, 0.15) is 6.54 Å². The fraction of sp³-hybridized carbons (Fsp3) is 0.208. The molecular formula is C24H18ClF3N2O3. The summed E-state index contributed by atoms with van der Waals surface area (Å²) in [6.07, 6.45) is -1.48. The summed E-state index contributed by atoms with van der Waals surface area (Å²) in [6, 6.07) is 14.4. The monoisotopic (exact) mass is 474 g/mol. The Balaban J connectivity index is 1.66. The van der Waals surface area contributed by atoms with Gasteiger partial charge in [-0.05, 0) is 47.8 Å². The zero-order valence-corrected chi connectivity index (χ0v) is 18.0. The van der Waals surface area contributed by atoms with Crippen molar-refractivity contribution < 1.29 is 27.5 Å². The quantitative estimate of drug-likeness (QED) is 0.515. The molecule has 4 rings (SSSR count). The van der Waals surface area contributed by atoms with Crippen molar-refractivity contribution in [1.82, 2.24) is 10.3 Å². The smallest absolute Gasteiger partial charge is 0.405 e. The molecule has 33 heavy (non-hydrogen) atoms. The molecule has 0 spiro atoms. The van der Waals surface area contributed by atoms with Crippen molar-refractivity contribution in [2.45, 2.75) is 19.0 Å². The molecule has 0 fully saturated rings. The van der Waals surface area contributed by atoms with Gasteiger partial charge in [-0.3, -0.25) is 4.79 Å². The first-order valence-electron chi connectivity index (χ1n) is 10.1.